The second kappa shape index (κ2) is 5.09. The van der Waals surface area contributed by atoms with Crippen LogP contribution in [0.2, 0.25) is 0 Å². The van der Waals surface area contributed by atoms with Crippen molar-refractivity contribution in [2.24, 2.45) is 0 Å². The van der Waals surface area contributed by atoms with Crippen molar-refractivity contribution < 1.29 is 0 Å². The van der Waals surface area contributed by atoms with E-state index in [1.165, 1.54) is 16.7 Å². The van der Waals surface area contributed by atoms with E-state index in [9.17, 15) is 0 Å². The number of rotatable bonds is 3. The van der Waals surface area contributed by atoms with Crippen LogP contribution in [0.25, 0.3) is 0 Å². The summed E-state index contributed by atoms with van der Waals surface area (Å²) >= 11 is 0. The summed E-state index contributed by atoms with van der Waals surface area (Å²) < 4.78 is 0. The molecule has 3 rings (SSSR count). The molecule has 0 unspecified atom stereocenters. The van der Waals surface area contributed by atoms with E-state index in [1.807, 2.05) is 12.1 Å². The lowest BCUT2D eigenvalue weighted by molar-refractivity contribution is 0.764. The number of pyridine rings is 1. The van der Waals surface area contributed by atoms with E-state index >= 15 is 0 Å². The van der Waals surface area contributed by atoms with E-state index in [-0.39, 0.29) is 0 Å². The van der Waals surface area contributed by atoms with Crippen molar-refractivity contribution in [3.05, 3.63) is 58.9 Å². The monoisotopic (exact) mass is 250 g/mol. The van der Waals surface area contributed by atoms with E-state index in [0.29, 0.717) is 5.69 Å². The highest BCUT2D eigenvalue weighted by Gasteiger charge is 2.09. The third-order valence-electron chi connectivity index (χ3n) is 3.27. The molecule has 0 fully saturated rings. The lowest BCUT2D eigenvalue weighted by Crippen LogP contribution is -2.01. The van der Waals surface area contributed by atoms with Crippen LogP contribution in [0.5, 0.6) is 0 Å². The molecule has 94 valence electrons. The summed E-state index contributed by atoms with van der Waals surface area (Å²) in [6.07, 6.45) is 1.65. The van der Waals surface area contributed by atoms with Gasteiger partial charge in [-0.1, -0.05) is 18.2 Å². The number of hydrogen-bond donors (Lipinski definition) is 2. The first-order chi connectivity index (χ1) is 9.35. The lowest BCUT2D eigenvalue weighted by Gasteiger charge is -2.08. The van der Waals surface area contributed by atoms with Crippen LogP contribution in [0, 0.1) is 11.3 Å². The maximum atomic E-state index is 8.81. The number of aromatic nitrogens is 1. The Morgan fingerprint density at radius 3 is 3.00 bits per heavy atom. The van der Waals surface area contributed by atoms with Crippen LogP contribution in [0.1, 0.15) is 22.4 Å². The van der Waals surface area contributed by atoms with Gasteiger partial charge in [0.25, 0.3) is 0 Å². The third kappa shape index (κ3) is 2.56. The van der Waals surface area contributed by atoms with Crippen molar-refractivity contribution in [1.29, 1.82) is 5.26 Å². The van der Waals surface area contributed by atoms with Crippen LogP contribution < -0.4 is 10.6 Å². The predicted octanol–water partition coefficient (Wildman–Crippen LogP) is 2.17. The van der Waals surface area contributed by atoms with Gasteiger partial charge in [-0.3, -0.25) is 0 Å². The zero-order chi connectivity index (χ0) is 13.1. The van der Waals surface area contributed by atoms with Crippen molar-refractivity contribution in [2.45, 2.75) is 19.6 Å². The number of nitriles is 1. The molecule has 2 aromatic rings. The molecule has 2 heterocycles. The van der Waals surface area contributed by atoms with Crippen molar-refractivity contribution >= 4 is 5.69 Å². The van der Waals surface area contributed by atoms with Crippen LogP contribution in [0.4, 0.5) is 5.69 Å². The fraction of sp³-hybridized carbons (Fsp3) is 0.200. The number of nitrogens with one attached hydrogen (secondary N) is 2. The molecule has 1 aliphatic heterocycles. The Morgan fingerprint density at radius 2 is 2.11 bits per heavy atom. The molecule has 0 bridgehead atoms. The van der Waals surface area contributed by atoms with Crippen LogP contribution in [0.15, 0.2) is 36.5 Å². The summed E-state index contributed by atoms with van der Waals surface area (Å²) in [6, 6.07) is 12.2. The molecule has 1 aliphatic rings. The molecule has 1 aromatic carbocycles. The maximum absolute atomic E-state index is 8.81. The summed E-state index contributed by atoms with van der Waals surface area (Å²) in [4.78, 5) is 3.95. The first kappa shape index (κ1) is 11.7. The van der Waals surface area contributed by atoms with Gasteiger partial charge in [0.1, 0.15) is 11.8 Å². The average Bonchev–Trinajstić information content (AvgIpc) is 2.93. The lowest BCUT2D eigenvalue weighted by atomic mass is 10.1. The molecule has 4 nitrogen and oxygen atoms in total. The Morgan fingerprint density at radius 1 is 1.21 bits per heavy atom. The molecule has 1 aromatic heterocycles. The molecule has 0 atom stereocenters. The Bertz CT molecular complexity index is 643. The number of fused-ring (bicyclic) bond motifs is 1. The van der Waals surface area contributed by atoms with Gasteiger partial charge < -0.3 is 10.6 Å². The van der Waals surface area contributed by atoms with Crippen molar-refractivity contribution in [2.75, 3.05) is 5.32 Å². The maximum Gasteiger partial charge on any atom is 0.142 e. The van der Waals surface area contributed by atoms with E-state index in [2.05, 4.69) is 33.8 Å². The number of nitrogens with zero attached hydrogens (tertiary/aromatic N) is 2. The van der Waals surface area contributed by atoms with E-state index < -0.39 is 0 Å². The van der Waals surface area contributed by atoms with Gasteiger partial charge in [-0.25, -0.2) is 4.98 Å². The van der Waals surface area contributed by atoms with Gasteiger partial charge in [-0.15, -0.1) is 0 Å². The zero-order valence-electron chi connectivity index (χ0n) is 10.5. The molecule has 2 N–H and O–H groups in total. The van der Waals surface area contributed by atoms with Crippen LogP contribution >= 0.6 is 0 Å². The second-order valence-corrected chi connectivity index (χ2v) is 4.60. The summed E-state index contributed by atoms with van der Waals surface area (Å²) in [7, 11) is 0. The topological polar surface area (TPSA) is 60.7 Å². The molecule has 0 saturated heterocycles. The van der Waals surface area contributed by atoms with Gasteiger partial charge in [-0.05, 0) is 28.8 Å². The largest absolute Gasteiger partial charge is 0.381 e. The zero-order valence-corrected chi connectivity index (χ0v) is 10.5. The summed E-state index contributed by atoms with van der Waals surface area (Å²) in [5.41, 5.74) is 5.37. The summed E-state index contributed by atoms with van der Waals surface area (Å²) in [5, 5.41) is 15.5. The molecule has 0 radical (unpaired) electrons. The highest BCUT2D eigenvalue weighted by molar-refractivity contribution is 5.46. The normalized spacial score (nSPS) is 12.8. The Kier molecular flexibility index (Phi) is 3.13. The van der Waals surface area contributed by atoms with Crippen molar-refractivity contribution in [1.82, 2.24) is 10.3 Å². The highest BCUT2D eigenvalue weighted by Crippen LogP contribution is 2.18. The molecule has 0 spiro atoms. The molecule has 0 saturated carbocycles. The van der Waals surface area contributed by atoms with Gasteiger partial charge in [0.15, 0.2) is 0 Å². The Labute approximate surface area is 112 Å². The number of benzene rings is 1. The molecule has 19 heavy (non-hydrogen) atoms. The fourth-order valence-corrected chi connectivity index (χ4v) is 2.26. The van der Waals surface area contributed by atoms with Crippen LogP contribution in [0.3, 0.4) is 0 Å². The first-order valence-corrected chi connectivity index (χ1v) is 6.26. The Hall–Kier alpha value is -2.38. The standard InChI is InChI=1S/C15H14N4/c16-7-15-6-14(3-4-18-15)19-8-11-1-2-12-9-17-10-13(12)5-11/h1-6,17H,8-10H2,(H,18,19). The van der Waals surface area contributed by atoms with Crippen molar-refractivity contribution in [3.8, 4) is 6.07 Å². The number of hydrogen-bond acceptors (Lipinski definition) is 4. The molecule has 4 heteroatoms. The molecular formula is C15H14N4. The van der Waals surface area contributed by atoms with Gasteiger partial charge in [0.2, 0.25) is 0 Å². The second-order valence-electron chi connectivity index (χ2n) is 4.60. The highest BCUT2D eigenvalue weighted by atomic mass is 14.9. The van der Waals surface area contributed by atoms with Gasteiger partial charge >= 0.3 is 0 Å². The van der Waals surface area contributed by atoms with E-state index in [0.717, 1.165) is 25.3 Å². The van der Waals surface area contributed by atoms with Gasteiger partial charge in [-0.2, -0.15) is 5.26 Å². The summed E-state index contributed by atoms with van der Waals surface area (Å²) in [5.74, 6) is 0. The average molecular weight is 250 g/mol. The van der Waals surface area contributed by atoms with Crippen molar-refractivity contribution in [3.63, 3.8) is 0 Å². The Balaban J connectivity index is 1.70. The quantitative estimate of drug-likeness (QED) is 0.876. The molecule has 0 amide bonds. The first-order valence-electron chi connectivity index (χ1n) is 6.26. The smallest absolute Gasteiger partial charge is 0.142 e. The van der Waals surface area contributed by atoms with E-state index in [4.69, 9.17) is 5.26 Å². The molecule has 0 aliphatic carbocycles. The van der Waals surface area contributed by atoms with Gasteiger partial charge in [0.05, 0.1) is 0 Å². The van der Waals surface area contributed by atoms with Crippen LogP contribution in [-0.2, 0) is 19.6 Å². The summed E-state index contributed by atoms with van der Waals surface area (Å²) in [6.45, 7) is 2.68. The predicted molar refractivity (Wildman–Crippen MR) is 73.3 cm³/mol. The number of anilines is 1. The minimum atomic E-state index is 0.433. The van der Waals surface area contributed by atoms with Gasteiger partial charge in [0, 0.05) is 31.5 Å². The third-order valence-corrected chi connectivity index (χ3v) is 3.27. The molecular weight excluding hydrogens is 236 g/mol. The van der Waals surface area contributed by atoms with E-state index in [1.54, 1.807) is 12.3 Å². The minimum absolute atomic E-state index is 0.433. The SMILES string of the molecule is N#Cc1cc(NCc2ccc3c(c2)CNC3)ccn1. The minimum Gasteiger partial charge on any atom is -0.381 e. The van der Waals surface area contributed by atoms with Crippen LogP contribution in [-0.4, -0.2) is 4.98 Å². The fourth-order valence-electron chi connectivity index (χ4n) is 2.26.